The van der Waals surface area contributed by atoms with Gasteiger partial charge in [-0.25, -0.2) is 17.2 Å². The molecular weight excluding hydrogens is 584 g/mol. The quantitative estimate of drug-likeness (QED) is 0.323. The molecule has 7 nitrogen and oxygen atoms in total. The van der Waals surface area contributed by atoms with Crippen molar-refractivity contribution in [3.8, 4) is 0 Å². The fraction of sp³-hybridized carbons (Fsp3) is 0.441. The van der Waals surface area contributed by atoms with E-state index in [0.29, 0.717) is 43.9 Å². The second-order valence-corrected chi connectivity index (χ2v) is 13.8. The van der Waals surface area contributed by atoms with Crippen LogP contribution >= 0.6 is 0 Å². The monoisotopic (exact) mass is 625 g/mol. The van der Waals surface area contributed by atoms with Crippen molar-refractivity contribution in [2.45, 2.75) is 68.0 Å². The average Bonchev–Trinajstić information content (AvgIpc) is 3.02. The smallest absolute Gasteiger partial charge is 0.243 e. The van der Waals surface area contributed by atoms with Crippen molar-refractivity contribution in [3.05, 3.63) is 101 Å². The topological polar surface area (TPSA) is 102 Å². The van der Waals surface area contributed by atoms with Crippen LogP contribution in [0.25, 0.3) is 0 Å². The molecule has 2 aliphatic heterocycles. The number of sulfonamides is 1. The molecule has 0 amide bonds. The van der Waals surface area contributed by atoms with Crippen molar-refractivity contribution < 1.29 is 26.7 Å². The summed E-state index contributed by atoms with van der Waals surface area (Å²) in [6.45, 7) is 3.97. The molecule has 2 saturated heterocycles. The SMILES string of the molecule is C[C@H]1CNC[C@H](CCc2c(F)cccc2CC(=O)[C@@H](N)[C@@H](c2ccc(F)cc2)C2CCOCC2)N1S(=O)(=O)c1ccccc1. The number of nitrogens with one attached hydrogen (secondary N) is 1. The highest BCUT2D eigenvalue weighted by Gasteiger charge is 2.38. The molecule has 0 unspecified atom stereocenters. The summed E-state index contributed by atoms with van der Waals surface area (Å²) in [6, 6.07) is 17.6. The van der Waals surface area contributed by atoms with E-state index in [1.165, 1.54) is 18.2 Å². The summed E-state index contributed by atoms with van der Waals surface area (Å²) < 4.78 is 63.4. The van der Waals surface area contributed by atoms with Crippen LogP contribution in [-0.2, 0) is 32.4 Å². The molecule has 2 aliphatic rings. The number of hydrogen-bond donors (Lipinski definition) is 2. The summed E-state index contributed by atoms with van der Waals surface area (Å²) in [4.78, 5) is 14.0. The van der Waals surface area contributed by atoms with E-state index in [1.54, 1.807) is 58.9 Å². The molecule has 3 aromatic carbocycles. The first-order valence-electron chi connectivity index (χ1n) is 15.3. The number of ketones is 1. The molecule has 0 radical (unpaired) electrons. The summed E-state index contributed by atoms with van der Waals surface area (Å²) in [5, 5.41) is 3.31. The molecule has 236 valence electrons. The Kier molecular flexibility index (Phi) is 10.6. The molecule has 3 aromatic rings. The summed E-state index contributed by atoms with van der Waals surface area (Å²) in [7, 11) is -3.77. The second-order valence-electron chi connectivity index (χ2n) is 11.9. The van der Waals surface area contributed by atoms with Gasteiger partial charge in [0.05, 0.1) is 10.9 Å². The zero-order valence-corrected chi connectivity index (χ0v) is 25.8. The van der Waals surface area contributed by atoms with Gasteiger partial charge in [-0.1, -0.05) is 42.5 Å². The summed E-state index contributed by atoms with van der Waals surface area (Å²) in [5.74, 6) is -1.24. The normalized spacial score (nSPS) is 21.5. The molecule has 0 aromatic heterocycles. The van der Waals surface area contributed by atoms with Crippen LogP contribution in [0.4, 0.5) is 8.78 Å². The Balaban J connectivity index is 1.35. The maximum absolute atomic E-state index is 15.3. The number of carbonyl (C=O) groups excluding carboxylic acids is 1. The maximum Gasteiger partial charge on any atom is 0.243 e. The maximum atomic E-state index is 15.3. The predicted octanol–water partition coefficient (Wildman–Crippen LogP) is 4.60. The van der Waals surface area contributed by atoms with Crippen molar-refractivity contribution in [3.63, 3.8) is 0 Å². The van der Waals surface area contributed by atoms with Gasteiger partial charge in [0, 0.05) is 50.7 Å². The molecule has 3 N–H and O–H groups in total. The summed E-state index contributed by atoms with van der Waals surface area (Å²) in [6.07, 6.45) is 2.05. The number of halogens is 2. The lowest BCUT2D eigenvalue weighted by Crippen LogP contribution is -2.58. The number of rotatable bonds is 11. The largest absolute Gasteiger partial charge is 0.381 e. The van der Waals surface area contributed by atoms with E-state index in [4.69, 9.17) is 10.5 Å². The standard InChI is InChI=1S/C34H41F2N3O4S/c1-23-21-38-22-28(39(23)44(41,42)29-7-3-2-4-8-29)14-15-30-26(6-5-9-31(30)36)20-32(40)34(37)33(25-16-18-43-19-17-25)24-10-12-27(35)13-11-24/h2-13,23,25,28,33-34,38H,14-22,37H2,1H3/t23-,28-,33-,34+/m0/s1. The Bertz CT molecular complexity index is 1520. The number of nitrogens with two attached hydrogens (primary N) is 1. The minimum Gasteiger partial charge on any atom is -0.381 e. The number of ether oxygens (including phenoxy) is 1. The first-order valence-corrected chi connectivity index (χ1v) is 16.8. The van der Waals surface area contributed by atoms with Gasteiger partial charge in [0.25, 0.3) is 0 Å². The molecule has 5 rings (SSSR count). The minimum atomic E-state index is -3.77. The third-order valence-electron chi connectivity index (χ3n) is 9.03. The van der Waals surface area contributed by atoms with Crippen molar-refractivity contribution in [2.24, 2.45) is 11.7 Å². The number of nitrogens with zero attached hydrogens (tertiary/aromatic N) is 1. The van der Waals surface area contributed by atoms with Crippen LogP contribution in [-0.4, -0.2) is 62.9 Å². The van der Waals surface area contributed by atoms with Crippen molar-refractivity contribution in [1.29, 1.82) is 0 Å². The fourth-order valence-corrected chi connectivity index (χ4v) is 8.64. The number of carbonyl (C=O) groups is 1. The van der Waals surface area contributed by atoms with Gasteiger partial charge in [0.1, 0.15) is 11.6 Å². The Labute approximate surface area is 258 Å². The lowest BCUT2D eigenvalue weighted by molar-refractivity contribution is -0.120. The van der Waals surface area contributed by atoms with Crippen LogP contribution in [0.1, 0.15) is 48.8 Å². The molecule has 10 heteroatoms. The Morgan fingerprint density at radius 2 is 1.70 bits per heavy atom. The van der Waals surface area contributed by atoms with E-state index >= 15 is 4.39 Å². The number of piperazine rings is 1. The third kappa shape index (κ3) is 7.26. The van der Waals surface area contributed by atoms with Gasteiger partial charge in [-0.05, 0) is 85.5 Å². The van der Waals surface area contributed by atoms with E-state index in [9.17, 15) is 17.6 Å². The van der Waals surface area contributed by atoms with E-state index in [-0.39, 0.29) is 47.2 Å². The zero-order chi connectivity index (χ0) is 31.3. The van der Waals surface area contributed by atoms with Crippen LogP contribution in [0.2, 0.25) is 0 Å². The summed E-state index contributed by atoms with van der Waals surface area (Å²) >= 11 is 0. The van der Waals surface area contributed by atoms with Crippen LogP contribution < -0.4 is 11.1 Å². The number of hydrogen-bond acceptors (Lipinski definition) is 6. The predicted molar refractivity (Wildman–Crippen MR) is 166 cm³/mol. The van der Waals surface area contributed by atoms with E-state index < -0.39 is 27.9 Å². The van der Waals surface area contributed by atoms with Crippen molar-refractivity contribution in [2.75, 3.05) is 26.3 Å². The first kappa shape index (κ1) is 32.4. The first-order chi connectivity index (χ1) is 21.2. The van der Waals surface area contributed by atoms with E-state index in [0.717, 1.165) is 18.4 Å². The molecule has 44 heavy (non-hydrogen) atoms. The van der Waals surface area contributed by atoms with Gasteiger partial charge < -0.3 is 15.8 Å². The lowest BCUT2D eigenvalue weighted by Gasteiger charge is -2.40. The Morgan fingerprint density at radius 1 is 1.00 bits per heavy atom. The lowest BCUT2D eigenvalue weighted by atomic mass is 9.75. The van der Waals surface area contributed by atoms with Gasteiger partial charge in [-0.3, -0.25) is 4.79 Å². The van der Waals surface area contributed by atoms with Gasteiger partial charge in [-0.15, -0.1) is 0 Å². The van der Waals surface area contributed by atoms with Crippen LogP contribution in [0.15, 0.2) is 77.7 Å². The average molecular weight is 626 g/mol. The highest BCUT2D eigenvalue weighted by Crippen LogP contribution is 2.35. The Morgan fingerprint density at radius 3 is 2.41 bits per heavy atom. The van der Waals surface area contributed by atoms with E-state index in [1.807, 2.05) is 6.92 Å². The Hall–Kier alpha value is -3.02. The van der Waals surface area contributed by atoms with Crippen LogP contribution in [0.5, 0.6) is 0 Å². The second kappa shape index (κ2) is 14.4. The van der Waals surface area contributed by atoms with Gasteiger partial charge in [-0.2, -0.15) is 4.31 Å². The zero-order valence-electron chi connectivity index (χ0n) is 25.0. The van der Waals surface area contributed by atoms with Gasteiger partial charge >= 0.3 is 0 Å². The molecule has 0 aliphatic carbocycles. The van der Waals surface area contributed by atoms with Crippen molar-refractivity contribution in [1.82, 2.24) is 9.62 Å². The molecule has 2 fully saturated rings. The molecule has 0 bridgehead atoms. The minimum absolute atomic E-state index is 0.0550. The van der Waals surface area contributed by atoms with Crippen LogP contribution in [0, 0.1) is 17.6 Å². The molecule has 0 spiro atoms. The fourth-order valence-electron chi connectivity index (χ4n) is 6.77. The molecule has 0 saturated carbocycles. The van der Waals surface area contributed by atoms with E-state index in [2.05, 4.69) is 5.32 Å². The molecular formula is C34H41F2N3O4S. The number of benzene rings is 3. The third-order valence-corrected chi connectivity index (χ3v) is 11.1. The highest BCUT2D eigenvalue weighted by molar-refractivity contribution is 7.89. The summed E-state index contributed by atoms with van der Waals surface area (Å²) in [5.41, 5.74) is 8.41. The van der Waals surface area contributed by atoms with Crippen LogP contribution in [0.3, 0.4) is 0 Å². The number of Topliss-reactive ketones (excluding diaryl/α,β-unsaturated/α-hetero) is 1. The van der Waals surface area contributed by atoms with Gasteiger partial charge in [0.2, 0.25) is 10.0 Å². The van der Waals surface area contributed by atoms with Crippen molar-refractivity contribution >= 4 is 15.8 Å². The van der Waals surface area contributed by atoms with Gasteiger partial charge in [0.15, 0.2) is 5.78 Å². The molecule has 4 atom stereocenters. The molecule has 2 heterocycles. The highest BCUT2D eigenvalue weighted by atomic mass is 32.2.